The molecule has 0 bridgehead atoms. The normalized spacial score (nSPS) is 15.2. The van der Waals surface area contributed by atoms with E-state index in [-0.39, 0.29) is 37.4 Å². The van der Waals surface area contributed by atoms with Crippen molar-refractivity contribution in [1.82, 2.24) is 10.2 Å². The fourth-order valence-corrected chi connectivity index (χ4v) is 6.57. The van der Waals surface area contributed by atoms with Crippen LogP contribution in [-0.2, 0) is 32.6 Å². The topological polar surface area (TPSA) is 105 Å². The minimum atomic E-state index is -3.92. The maximum Gasteiger partial charge on any atom is 0.244 e. The molecule has 43 heavy (non-hydrogen) atoms. The Morgan fingerprint density at radius 3 is 2.35 bits per heavy atom. The van der Waals surface area contributed by atoms with E-state index in [0.29, 0.717) is 27.1 Å². The van der Waals surface area contributed by atoms with Crippen LogP contribution in [0.25, 0.3) is 0 Å². The number of anilines is 1. The number of rotatable bonds is 11. The highest BCUT2D eigenvalue weighted by Crippen LogP contribution is 2.36. The molecule has 1 saturated carbocycles. The van der Waals surface area contributed by atoms with E-state index in [2.05, 4.69) is 5.32 Å². The molecule has 1 atom stereocenters. The van der Waals surface area contributed by atoms with E-state index in [9.17, 15) is 18.0 Å². The summed E-state index contributed by atoms with van der Waals surface area (Å²) in [4.78, 5) is 29.6. The zero-order valence-electron chi connectivity index (χ0n) is 23.7. The molecule has 0 spiro atoms. The summed E-state index contributed by atoms with van der Waals surface area (Å²) in [5, 5.41) is 3.80. The molecule has 9 nitrogen and oxygen atoms in total. The zero-order valence-corrected chi connectivity index (χ0v) is 26.0. The molecule has 0 saturated heterocycles. The number of carbonyl (C=O) groups is 2. The van der Waals surface area contributed by atoms with Gasteiger partial charge in [0, 0.05) is 25.1 Å². The molecular formula is C31H33Cl2N3O6S. The van der Waals surface area contributed by atoms with E-state index in [4.69, 9.17) is 32.7 Å². The maximum atomic E-state index is 14.3. The van der Waals surface area contributed by atoms with Crippen molar-refractivity contribution in [2.45, 2.75) is 50.7 Å². The first-order valence-electron chi connectivity index (χ1n) is 14.0. The van der Waals surface area contributed by atoms with E-state index >= 15 is 0 Å². The summed E-state index contributed by atoms with van der Waals surface area (Å²) in [5.41, 5.74) is 1.74. The van der Waals surface area contributed by atoms with Gasteiger partial charge < -0.3 is 19.7 Å². The smallest absolute Gasteiger partial charge is 0.244 e. The molecule has 12 heteroatoms. The van der Waals surface area contributed by atoms with Crippen LogP contribution in [0.3, 0.4) is 0 Å². The van der Waals surface area contributed by atoms with Gasteiger partial charge in [-0.3, -0.25) is 13.9 Å². The Morgan fingerprint density at radius 2 is 1.65 bits per heavy atom. The summed E-state index contributed by atoms with van der Waals surface area (Å²) in [6, 6.07) is 18.2. The monoisotopic (exact) mass is 645 g/mol. The first-order valence-corrected chi connectivity index (χ1v) is 16.6. The standard InChI is InChI=1S/C31H33Cl2N3O6S/c1-43(39,40)36(24-12-14-28-29(17-24)42-20-41-28)19-30(37)35(18-22-11-13-25(32)26(33)15-22)27(16-21-7-3-2-4-8-21)31(38)34-23-9-5-6-10-23/h2-4,7-8,11-15,17,23,27H,5-6,9-10,16,18-20H2,1H3,(H,34,38)/t27-/m0/s1. The van der Waals surface area contributed by atoms with Crippen LogP contribution < -0.4 is 19.1 Å². The number of amides is 2. The van der Waals surface area contributed by atoms with Gasteiger partial charge in [-0.2, -0.15) is 0 Å². The lowest BCUT2D eigenvalue weighted by Gasteiger charge is -2.34. The van der Waals surface area contributed by atoms with Gasteiger partial charge in [-0.05, 0) is 48.2 Å². The molecule has 1 fully saturated rings. The van der Waals surface area contributed by atoms with Gasteiger partial charge in [0.1, 0.15) is 12.6 Å². The van der Waals surface area contributed by atoms with E-state index in [1.54, 1.807) is 30.3 Å². The highest BCUT2D eigenvalue weighted by atomic mass is 35.5. The first-order chi connectivity index (χ1) is 20.6. The molecule has 228 valence electrons. The van der Waals surface area contributed by atoms with Crippen molar-refractivity contribution >= 4 is 50.7 Å². The number of carbonyl (C=O) groups excluding carboxylic acids is 2. The third-order valence-electron chi connectivity index (χ3n) is 7.63. The van der Waals surface area contributed by atoms with Gasteiger partial charge in [-0.15, -0.1) is 0 Å². The second-order valence-corrected chi connectivity index (χ2v) is 13.5. The van der Waals surface area contributed by atoms with E-state index < -0.39 is 28.5 Å². The zero-order chi connectivity index (χ0) is 30.6. The SMILES string of the molecule is CS(=O)(=O)N(CC(=O)N(Cc1ccc(Cl)c(Cl)c1)[C@@H](Cc1ccccc1)C(=O)NC1CCCC1)c1ccc2c(c1)OCO2. The van der Waals surface area contributed by atoms with Crippen LogP contribution in [0.4, 0.5) is 5.69 Å². The fourth-order valence-electron chi connectivity index (χ4n) is 5.41. The third-order valence-corrected chi connectivity index (χ3v) is 9.51. The average molecular weight is 647 g/mol. The molecule has 1 N–H and O–H groups in total. The van der Waals surface area contributed by atoms with Crippen molar-refractivity contribution in [2.75, 3.05) is 23.9 Å². The molecule has 3 aromatic rings. The lowest BCUT2D eigenvalue weighted by Crippen LogP contribution is -2.54. The first kappa shape index (κ1) is 31.0. The Kier molecular flexibility index (Phi) is 9.68. The van der Waals surface area contributed by atoms with Crippen LogP contribution in [-0.4, -0.2) is 56.8 Å². The second-order valence-electron chi connectivity index (χ2n) is 10.8. The Bertz CT molecular complexity index is 1580. The number of ether oxygens (including phenoxy) is 2. The van der Waals surface area contributed by atoms with Crippen LogP contribution in [0.2, 0.25) is 10.0 Å². The van der Waals surface area contributed by atoms with Gasteiger partial charge in [-0.25, -0.2) is 8.42 Å². The fraction of sp³-hybridized carbons (Fsp3) is 0.355. The molecule has 5 rings (SSSR count). The number of sulfonamides is 1. The van der Waals surface area contributed by atoms with E-state index in [1.807, 2.05) is 30.3 Å². The highest BCUT2D eigenvalue weighted by molar-refractivity contribution is 7.92. The van der Waals surface area contributed by atoms with Crippen molar-refractivity contribution in [1.29, 1.82) is 0 Å². The number of halogens is 2. The molecule has 0 radical (unpaired) electrons. The average Bonchev–Trinajstić information content (AvgIpc) is 3.67. The lowest BCUT2D eigenvalue weighted by atomic mass is 10.0. The number of nitrogens with zero attached hydrogens (tertiary/aromatic N) is 2. The second kappa shape index (κ2) is 13.4. The van der Waals surface area contributed by atoms with Gasteiger partial charge in [0.2, 0.25) is 28.6 Å². The number of hydrogen-bond donors (Lipinski definition) is 1. The summed E-state index contributed by atoms with van der Waals surface area (Å²) in [7, 11) is -3.92. The molecule has 1 aliphatic heterocycles. The van der Waals surface area contributed by atoms with Gasteiger partial charge in [0.05, 0.1) is 22.0 Å². The van der Waals surface area contributed by atoms with Crippen LogP contribution in [0, 0.1) is 0 Å². The third kappa shape index (κ3) is 7.74. The summed E-state index contributed by atoms with van der Waals surface area (Å²) in [5.74, 6) is 0.00949. The van der Waals surface area contributed by atoms with E-state index in [1.165, 1.54) is 11.0 Å². The molecule has 0 aromatic heterocycles. The summed E-state index contributed by atoms with van der Waals surface area (Å²) >= 11 is 12.5. The summed E-state index contributed by atoms with van der Waals surface area (Å²) in [6.07, 6.45) is 5.06. The minimum Gasteiger partial charge on any atom is -0.454 e. The predicted molar refractivity (Wildman–Crippen MR) is 166 cm³/mol. The van der Waals surface area contributed by atoms with Crippen molar-refractivity contribution in [3.05, 3.63) is 87.9 Å². The van der Waals surface area contributed by atoms with Crippen LogP contribution in [0.5, 0.6) is 11.5 Å². The summed E-state index contributed by atoms with van der Waals surface area (Å²) < 4.78 is 37.9. The number of fused-ring (bicyclic) bond motifs is 1. The molecule has 0 unspecified atom stereocenters. The van der Waals surface area contributed by atoms with Gasteiger partial charge in [0.15, 0.2) is 11.5 Å². The number of benzene rings is 3. The van der Waals surface area contributed by atoms with Crippen molar-refractivity contribution < 1.29 is 27.5 Å². The number of hydrogen-bond acceptors (Lipinski definition) is 6. The highest BCUT2D eigenvalue weighted by Gasteiger charge is 2.34. The molecular weight excluding hydrogens is 613 g/mol. The van der Waals surface area contributed by atoms with Crippen molar-refractivity contribution in [3.8, 4) is 11.5 Å². The Labute approximate surface area is 261 Å². The lowest BCUT2D eigenvalue weighted by molar-refractivity contribution is -0.140. The Hall–Kier alpha value is -3.47. The van der Waals surface area contributed by atoms with Crippen LogP contribution in [0.1, 0.15) is 36.8 Å². The molecule has 1 aliphatic carbocycles. The molecule has 2 aliphatic rings. The van der Waals surface area contributed by atoms with Crippen molar-refractivity contribution in [2.24, 2.45) is 0 Å². The van der Waals surface area contributed by atoms with Gasteiger partial charge in [-0.1, -0.05) is 72.4 Å². The quantitative estimate of drug-likeness (QED) is 0.308. The largest absolute Gasteiger partial charge is 0.454 e. The van der Waals surface area contributed by atoms with Gasteiger partial charge >= 0.3 is 0 Å². The van der Waals surface area contributed by atoms with Gasteiger partial charge in [0.25, 0.3) is 0 Å². The number of nitrogens with one attached hydrogen (secondary N) is 1. The Balaban J connectivity index is 1.51. The Morgan fingerprint density at radius 1 is 0.930 bits per heavy atom. The predicted octanol–water partition coefficient (Wildman–Crippen LogP) is 5.19. The van der Waals surface area contributed by atoms with Crippen molar-refractivity contribution in [3.63, 3.8) is 0 Å². The summed E-state index contributed by atoms with van der Waals surface area (Å²) in [6.45, 7) is -0.517. The maximum absolute atomic E-state index is 14.3. The van der Waals surface area contributed by atoms with E-state index in [0.717, 1.165) is 41.8 Å². The van der Waals surface area contributed by atoms with Crippen LogP contribution in [0.15, 0.2) is 66.7 Å². The molecule has 1 heterocycles. The molecule has 2 amide bonds. The minimum absolute atomic E-state index is 0.00402. The van der Waals surface area contributed by atoms with Crippen LogP contribution >= 0.6 is 23.2 Å². The molecule has 3 aromatic carbocycles.